The Labute approximate surface area is 194 Å². The molecule has 0 bridgehead atoms. The van der Waals surface area contributed by atoms with Crippen LogP contribution < -0.4 is 15.8 Å². The number of benzene rings is 1. The lowest BCUT2D eigenvalue weighted by atomic mass is 10.1. The van der Waals surface area contributed by atoms with Crippen LogP contribution in [0.4, 0.5) is 23.2 Å². The number of carbonyl (C=O) groups excluding carboxylic acids is 2. The summed E-state index contributed by atoms with van der Waals surface area (Å²) in [7, 11) is 1.29. The van der Waals surface area contributed by atoms with Crippen LogP contribution in [0.3, 0.4) is 0 Å². The number of nitrogens with one attached hydrogen (secondary N) is 1. The van der Waals surface area contributed by atoms with Gasteiger partial charge in [0.25, 0.3) is 0 Å². The highest BCUT2D eigenvalue weighted by Gasteiger charge is 2.30. The number of carbonyl (C=O) groups is 2. The number of methoxy groups -OCH3 is 1. The molecule has 1 heterocycles. The number of allylic oxidation sites excluding steroid dienone is 1. The standard InChI is InChI=1S/C14H15F4NO2.C7H9N3O.CH2O/c1-8-11(15)6-5-10(12(8)20-4)13(9(2)19-3)21-7-14(16,17)18;8-4-7-3-6(10-5-11)1-2-9-7;1-2/h5-6H,3,7H2,1-2,4H3;1-3,5H,4,8H2,(H,9,10,11);1H2/b13-9-;;. The van der Waals surface area contributed by atoms with E-state index in [-0.39, 0.29) is 28.3 Å². The first kappa shape index (κ1) is 30.2. The van der Waals surface area contributed by atoms with Crippen molar-refractivity contribution >= 4 is 31.4 Å². The summed E-state index contributed by atoms with van der Waals surface area (Å²) in [6.45, 7) is 7.05. The van der Waals surface area contributed by atoms with E-state index < -0.39 is 18.6 Å². The third-order valence-electron chi connectivity index (χ3n) is 3.99. The minimum Gasteiger partial charge on any atom is -0.496 e. The van der Waals surface area contributed by atoms with Crippen molar-refractivity contribution in [2.45, 2.75) is 26.6 Å². The zero-order valence-corrected chi connectivity index (χ0v) is 18.9. The van der Waals surface area contributed by atoms with Crippen molar-refractivity contribution in [2.75, 3.05) is 19.0 Å². The smallest absolute Gasteiger partial charge is 0.422 e. The quantitative estimate of drug-likeness (QED) is 0.252. The zero-order chi connectivity index (χ0) is 26.3. The Kier molecular flexibility index (Phi) is 13.4. The molecule has 0 saturated carbocycles. The summed E-state index contributed by atoms with van der Waals surface area (Å²) >= 11 is 0. The first-order valence-corrected chi connectivity index (χ1v) is 9.42. The second-order valence-electron chi connectivity index (χ2n) is 6.23. The molecule has 8 nitrogen and oxygen atoms in total. The molecule has 1 aromatic heterocycles. The van der Waals surface area contributed by atoms with Gasteiger partial charge in [-0.05, 0) is 44.8 Å². The minimum absolute atomic E-state index is 0.0928. The molecular weight excluding hydrogens is 460 g/mol. The first-order valence-electron chi connectivity index (χ1n) is 9.42. The fourth-order valence-corrected chi connectivity index (χ4v) is 2.46. The van der Waals surface area contributed by atoms with Gasteiger partial charge in [-0.3, -0.25) is 14.8 Å². The first-order chi connectivity index (χ1) is 16.1. The molecule has 2 aromatic rings. The number of nitrogens with zero attached hydrogens (tertiary/aromatic N) is 2. The zero-order valence-electron chi connectivity index (χ0n) is 18.9. The fraction of sp³-hybridized carbons (Fsp3) is 0.273. The summed E-state index contributed by atoms with van der Waals surface area (Å²) in [5.74, 6) is -0.590. The van der Waals surface area contributed by atoms with Crippen LogP contribution in [0.15, 0.2) is 41.2 Å². The molecule has 1 aromatic carbocycles. The van der Waals surface area contributed by atoms with Crippen molar-refractivity contribution in [1.29, 1.82) is 0 Å². The number of hydrogen-bond donors (Lipinski definition) is 2. The molecule has 0 unspecified atom stereocenters. The van der Waals surface area contributed by atoms with Crippen LogP contribution in [-0.4, -0.2) is 44.8 Å². The molecule has 3 N–H and O–H groups in total. The van der Waals surface area contributed by atoms with Crippen molar-refractivity contribution in [3.05, 3.63) is 58.8 Å². The van der Waals surface area contributed by atoms with E-state index in [2.05, 4.69) is 22.0 Å². The van der Waals surface area contributed by atoms with Crippen LogP contribution in [0.1, 0.15) is 23.7 Å². The summed E-state index contributed by atoms with van der Waals surface area (Å²) in [6.07, 6.45) is -2.28. The van der Waals surface area contributed by atoms with Crippen LogP contribution in [-0.2, 0) is 20.9 Å². The van der Waals surface area contributed by atoms with E-state index in [1.807, 2.05) is 6.79 Å². The molecule has 0 aliphatic heterocycles. The Hall–Kier alpha value is -3.80. The lowest BCUT2D eigenvalue weighted by Crippen LogP contribution is -2.17. The van der Waals surface area contributed by atoms with Crippen molar-refractivity contribution in [3.8, 4) is 5.75 Å². The van der Waals surface area contributed by atoms with Crippen LogP contribution in [0, 0.1) is 12.7 Å². The topological polar surface area (TPSA) is 116 Å². The number of pyridine rings is 1. The molecule has 0 spiro atoms. The average Bonchev–Trinajstić information content (AvgIpc) is 2.82. The average molecular weight is 486 g/mol. The summed E-state index contributed by atoms with van der Waals surface area (Å²) < 4.78 is 60.4. The van der Waals surface area contributed by atoms with Crippen molar-refractivity contribution in [2.24, 2.45) is 10.7 Å². The highest BCUT2D eigenvalue weighted by Crippen LogP contribution is 2.34. The molecular formula is C22H26F4N4O4. The van der Waals surface area contributed by atoms with Crippen molar-refractivity contribution < 1.29 is 36.6 Å². The third-order valence-corrected chi connectivity index (χ3v) is 3.99. The second-order valence-corrected chi connectivity index (χ2v) is 6.23. The van der Waals surface area contributed by atoms with Gasteiger partial charge in [0, 0.05) is 24.0 Å². The summed E-state index contributed by atoms with van der Waals surface area (Å²) in [5, 5.41) is 2.51. The van der Waals surface area contributed by atoms with Crippen molar-refractivity contribution in [3.63, 3.8) is 0 Å². The number of ether oxygens (including phenoxy) is 2. The van der Waals surface area contributed by atoms with Gasteiger partial charge < -0.3 is 25.3 Å². The number of alkyl halides is 3. The molecule has 1 amide bonds. The molecule has 0 radical (unpaired) electrons. The van der Waals surface area contributed by atoms with E-state index >= 15 is 0 Å². The van der Waals surface area contributed by atoms with Gasteiger partial charge in [-0.25, -0.2) is 4.39 Å². The van der Waals surface area contributed by atoms with Gasteiger partial charge in [0.05, 0.1) is 24.1 Å². The molecule has 2 rings (SSSR count). The van der Waals surface area contributed by atoms with E-state index in [1.54, 1.807) is 18.3 Å². The Balaban J connectivity index is 0.000000701. The molecule has 12 heteroatoms. The van der Waals surface area contributed by atoms with Gasteiger partial charge in [-0.2, -0.15) is 13.2 Å². The van der Waals surface area contributed by atoms with Gasteiger partial charge in [0.1, 0.15) is 18.4 Å². The molecule has 186 valence electrons. The van der Waals surface area contributed by atoms with Gasteiger partial charge in [-0.1, -0.05) is 0 Å². The monoisotopic (exact) mass is 486 g/mol. The Morgan fingerprint density at radius 3 is 2.44 bits per heavy atom. The summed E-state index contributed by atoms with van der Waals surface area (Å²) in [4.78, 5) is 25.6. The van der Waals surface area contributed by atoms with Crippen LogP contribution in [0.25, 0.3) is 5.76 Å². The van der Waals surface area contributed by atoms with Crippen LogP contribution >= 0.6 is 0 Å². The largest absolute Gasteiger partial charge is 0.496 e. The van der Waals surface area contributed by atoms with Gasteiger partial charge in [0.15, 0.2) is 12.4 Å². The lowest BCUT2D eigenvalue weighted by molar-refractivity contribution is -0.158. The molecule has 34 heavy (non-hydrogen) atoms. The lowest BCUT2D eigenvalue weighted by Gasteiger charge is -2.18. The number of amides is 1. The van der Waals surface area contributed by atoms with Crippen LogP contribution in [0.2, 0.25) is 0 Å². The van der Waals surface area contributed by atoms with E-state index in [1.165, 1.54) is 27.0 Å². The summed E-state index contributed by atoms with van der Waals surface area (Å²) in [6, 6.07) is 5.84. The molecule has 0 aliphatic rings. The van der Waals surface area contributed by atoms with Gasteiger partial charge in [0.2, 0.25) is 6.41 Å². The predicted octanol–water partition coefficient (Wildman–Crippen LogP) is 4.03. The minimum atomic E-state index is -4.50. The highest BCUT2D eigenvalue weighted by molar-refractivity contribution is 5.71. The number of halogens is 4. The van der Waals surface area contributed by atoms with E-state index in [0.717, 1.165) is 17.4 Å². The number of aromatic nitrogens is 1. The normalized spacial score (nSPS) is 10.9. The fourth-order valence-electron chi connectivity index (χ4n) is 2.46. The number of aliphatic imine (C=N–C) groups is 1. The van der Waals surface area contributed by atoms with E-state index in [4.69, 9.17) is 20.0 Å². The Morgan fingerprint density at radius 1 is 1.29 bits per heavy atom. The number of rotatable bonds is 8. The van der Waals surface area contributed by atoms with Gasteiger partial charge in [-0.15, -0.1) is 0 Å². The Morgan fingerprint density at radius 2 is 1.94 bits per heavy atom. The second kappa shape index (κ2) is 15.1. The summed E-state index contributed by atoms with van der Waals surface area (Å²) in [5.41, 5.74) is 7.31. The van der Waals surface area contributed by atoms with E-state index in [9.17, 15) is 22.4 Å². The number of nitrogens with two attached hydrogens (primary N) is 1. The number of hydrogen-bond acceptors (Lipinski definition) is 7. The maximum atomic E-state index is 13.5. The number of anilines is 1. The molecule has 0 saturated heterocycles. The molecule has 0 aliphatic carbocycles. The highest BCUT2D eigenvalue weighted by atomic mass is 19.4. The molecule has 0 atom stereocenters. The van der Waals surface area contributed by atoms with Crippen molar-refractivity contribution in [1.82, 2.24) is 4.98 Å². The Bertz CT molecular complexity index is 982. The SMILES string of the molecule is C=N/C(C)=C(\OCC(F)(F)F)c1ccc(F)c(C)c1OC.C=O.NCc1cc(NC=O)ccn1. The molecule has 0 fully saturated rings. The third kappa shape index (κ3) is 9.77. The van der Waals surface area contributed by atoms with Gasteiger partial charge >= 0.3 is 6.18 Å². The van der Waals surface area contributed by atoms with Crippen LogP contribution in [0.5, 0.6) is 5.75 Å². The maximum Gasteiger partial charge on any atom is 0.422 e. The van der Waals surface area contributed by atoms with E-state index in [0.29, 0.717) is 13.0 Å². The maximum absolute atomic E-state index is 13.5. The predicted molar refractivity (Wildman–Crippen MR) is 121 cm³/mol.